The molecule has 0 bridgehead atoms. The molecule has 0 radical (unpaired) electrons. The standard InChI is InChI=1S/C17H25NO2/c1-4-20-17-8-6-5-7-15(17)16(19)12-18-10-9-13(2)11-14(18)3/h5-8,13-14H,4,9-12H2,1-3H3. The van der Waals surface area contributed by atoms with Gasteiger partial charge in [-0.3, -0.25) is 9.69 Å². The number of Topliss-reactive ketones (excluding diaryl/α,β-unsaturated/α-hetero) is 1. The third-order valence-corrected chi connectivity index (χ3v) is 4.11. The number of ether oxygens (including phenoxy) is 1. The molecule has 110 valence electrons. The van der Waals surface area contributed by atoms with Crippen LogP contribution in [-0.2, 0) is 0 Å². The molecule has 2 unspecified atom stereocenters. The maximum absolute atomic E-state index is 12.5. The van der Waals surface area contributed by atoms with Crippen molar-refractivity contribution in [3.63, 3.8) is 0 Å². The Kier molecular flexibility index (Phi) is 5.18. The Morgan fingerprint density at radius 1 is 1.35 bits per heavy atom. The highest BCUT2D eigenvalue weighted by molar-refractivity contribution is 6.00. The van der Waals surface area contributed by atoms with E-state index in [0.29, 0.717) is 30.5 Å². The minimum atomic E-state index is 0.162. The van der Waals surface area contributed by atoms with Gasteiger partial charge in [-0.2, -0.15) is 0 Å². The molecule has 2 atom stereocenters. The summed E-state index contributed by atoms with van der Waals surface area (Å²) in [4.78, 5) is 14.8. The minimum absolute atomic E-state index is 0.162. The fourth-order valence-corrected chi connectivity index (χ4v) is 2.94. The highest BCUT2D eigenvalue weighted by Gasteiger charge is 2.25. The van der Waals surface area contributed by atoms with Gasteiger partial charge in [0.2, 0.25) is 0 Å². The van der Waals surface area contributed by atoms with Crippen molar-refractivity contribution in [3.05, 3.63) is 29.8 Å². The topological polar surface area (TPSA) is 29.5 Å². The van der Waals surface area contributed by atoms with Crippen LogP contribution in [0.3, 0.4) is 0 Å². The Morgan fingerprint density at radius 3 is 2.80 bits per heavy atom. The number of rotatable bonds is 5. The van der Waals surface area contributed by atoms with Gasteiger partial charge >= 0.3 is 0 Å². The Balaban J connectivity index is 2.05. The number of hydrogen-bond donors (Lipinski definition) is 0. The van der Waals surface area contributed by atoms with Crippen LogP contribution in [0.4, 0.5) is 0 Å². The van der Waals surface area contributed by atoms with Gasteiger partial charge in [0.25, 0.3) is 0 Å². The molecular formula is C17H25NO2. The van der Waals surface area contributed by atoms with Gasteiger partial charge in [-0.05, 0) is 51.3 Å². The first-order chi connectivity index (χ1) is 9.61. The van der Waals surface area contributed by atoms with Crippen LogP contribution in [-0.4, -0.2) is 36.4 Å². The Hall–Kier alpha value is -1.35. The number of ketones is 1. The van der Waals surface area contributed by atoms with E-state index in [1.54, 1.807) is 0 Å². The average Bonchev–Trinajstić information content (AvgIpc) is 2.43. The first kappa shape index (κ1) is 15.0. The van der Waals surface area contributed by atoms with Gasteiger partial charge in [-0.1, -0.05) is 19.1 Å². The van der Waals surface area contributed by atoms with Gasteiger partial charge < -0.3 is 4.74 Å². The van der Waals surface area contributed by atoms with E-state index in [-0.39, 0.29) is 5.78 Å². The lowest BCUT2D eigenvalue weighted by molar-refractivity contribution is 0.0813. The average molecular weight is 275 g/mol. The van der Waals surface area contributed by atoms with Crippen molar-refractivity contribution >= 4 is 5.78 Å². The molecule has 0 spiro atoms. The van der Waals surface area contributed by atoms with E-state index in [1.165, 1.54) is 12.8 Å². The van der Waals surface area contributed by atoms with Crippen LogP contribution in [0.1, 0.15) is 44.0 Å². The number of hydrogen-bond acceptors (Lipinski definition) is 3. The highest BCUT2D eigenvalue weighted by Crippen LogP contribution is 2.24. The van der Waals surface area contributed by atoms with Crippen molar-refractivity contribution in [2.45, 2.75) is 39.7 Å². The lowest BCUT2D eigenvalue weighted by Crippen LogP contribution is -2.43. The molecule has 0 saturated carbocycles. The van der Waals surface area contributed by atoms with E-state index >= 15 is 0 Å². The van der Waals surface area contributed by atoms with E-state index in [4.69, 9.17) is 4.74 Å². The minimum Gasteiger partial charge on any atom is -0.493 e. The number of benzene rings is 1. The molecule has 3 heteroatoms. The van der Waals surface area contributed by atoms with E-state index in [2.05, 4.69) is 18.7 Å². The van der Waals surface area contributed by atoms with Crippen molar-refractivity contribution in [2.24, 2.45) is 5.92 Å². The SMILES string of the molecule is CCOc1ccccc1C(=O)CN1CCC(C)CC1C. The van der Waals surface area contributed by atoms with E-state index in [9.17, 15) is 4.79 Å². The van der Waals surface area contributed by atoms with Gasteiger partial charge in [0.15, 0.2) is 5.78 Å². The first-order valence-electron chi connectivity index (χ1n) is 7.61. The van der Waals surface area contributed by atoms with Crippen LogP contribution >= 0.6 is 0 Å². The zero-order valence-corrected chi connectivity index (χ0v) is 12.8. The van der Waals surface area contributed by atoms with Crippen molar-refractivity contribution in [1.82, 2.24) is 4.90 Å². The number of carbonyl (C=O) groups is 1. The van der Waals surface area contributed by atoms with Crippen molar-refractivity contribution in [3.8, 4) is 5.75 Å². The van der Waals surface area contributed by atoms with Gasteiger partial charge in [-0.25, -0.2) is 0 Å². The van der Waals surface area contributed by atoms with Crippen molar-refractivity contribution in [2.75, 3.05) is 19.7 Å². The maximum atomic E-state index is 12.5. The predicted molar refractivity (Wildman–Crippen MR) is 81.4 cm³/mol. The first-order valence-corrected chi connectivity index (χ1v) is 7.61. The fourth-order valence-electron chi connectivity index (χ4n) is 2.94. The molecule has 1 aliphatic rings. The molecule has 2 rings (SSSR count). The van der Waals surface area contributed by atoms with E-state index in [0.717, 1.165) is 12.5 Å². The summed E-state index contributed by atoms with van der Waals surface area (Å²) in [5.74, 6) is 1.64. The van der Waals surface area contributed by atoms with Crippen LogP contribution in [0.25, 0.3) is 0 Å². The molecule has 3 nitrogen and oxygen atoms in total. The lowest BCUT2D eigenvalue weighted by Gasteiger charge is -2.36. The molecule has 0 N–H and O–H groups in total. The van der Waals surface area contributed by atoms with Crippen molar-refractivity contribution < 1.29 is 9.53 Å². The zero-order valence-electron chi connectivity index (χ0n) is 12.8. The molecular weight excluding hydrogens is 250 g/mol. The Morgan fingerprint density at radius 2 is 2.10 bits per heavy atom. The fraction of sp³-hybridized carbons (Fsp3) is 0.588. The summed E-state index contributed by atoms with van der Waals surface area (Å²) in [6.45, 7) is 8.55. The van der Waals surface area contributed by atoms with Crippen LogP contribution in [0, 0.1) is 5.92 Å². The van der Waals surface area contributed by atoms with Crippen LogP contribution in [0.2, 0.25) is 0 Å². The molecule has 1 aromatic rings. The molecule has 1 aliphatic heterocycles. The second-order valence-corrected chi connectivity index (χ2v) is 5.80. The number of para-hydroxylation sites is 1. The maximum Gasteiger partial charge on any atom is 0.180 e. The summed E-state index contributed by atoms with van der Waals surface area (Å²) in [7, 11) is 0. The molecule has 0 amide bonds. The van der Waals surface area contributed by atoms with Crippen LogP contribution in [0.15, 0.2) is 24.3 Å². The smallest absolute Gasteiger partial charge is 0.180 e. The summed E-state index contributed by atoms with van der Waals surface area (Å²) in [5.41, 5.74) is 0.708. The summed E-state index contributed by atoms with van der Waals surface area (Å²) < 4.78 is 5.55. The number of piperidine rings is 1. The number of carbonyl (C=O) groups excluding carboxylic acids is 1. The third kappa shape index (κ3) is 3.60. The monoisotopic (exact) mass is 275 g/mol. The van der Waals surface area contributed by atoms with Crippen LogP contribution < -0.4 is 4.74 Å². The Bertz CT molecular complexity index is 458. The second-order valence-electron chi connectivity index (χ2n) is 5.80. The van der Waals surface area contributed by atoms with Crippen LogP contribution in [0.5, 0.6) is 5.75 Å². The van der Waals surface area contributed by atoms with Gasteiger partial charge in [-0.15, -0.1) is 0 Å². The molecule has 0 aromatic heterocycles. The molecule has 0 aliphatic carbocycles. The van der Waals surface area contributed by atoms with E-state index < -0.39 is 0 Å². The molecule has 1 saturated heterocycles. The number of nitrogens with zero attached hydrogens (tertiary/aromatic N) is 1. The van der Waals surface area contributed by atoms with E-state index in [1.807, 2.05) is 31.2 Å². The number of likely N-dealkylation sites (tertiary alicyclic amines) is 1. The highest BCUT2D eigenvalue weighted by atomic mass is 16.5. The Labute approximate surface area is 121 Å². The summed E-state index contributed by atoms with van der Waals surface area (Å²) in [5, 5.41) is 0. The summed E-state index contributed by atoms with van der Waals surface area (Å²) in [6, 6.07) is 8.04. The molecule has 20 heavy (non-hydrogen) atoms. The summed E-state index contributed by atoms with van der Waals surface area (Å²) in [6.07, 6.45) is 2.37. The predicted octanol–water partition coefficient (Wildman–Crippen LogP) is 3.39. The summed E-state index contributed by atoms with van der Waals surface area (Å²) >= 11 is 0. The molecule has 1 heterocycles. The molecule has 1 fully saturated rings. The zero-order chi connectivity index (χ0) is 14.5. The normalized spacial score (nSPS) is 23.6. The third-order valence-electron chi connectivity index (χ3n) is 4.11. The molecule has 1 aromatic carbocycles. The van der Waals surface area contributed by atoms with Gasteiger partial charge in [0, 0.05) is 6.04 Å². The van der Waals surface area contributed by atoms with Crippen molar-refractivity contribution in [1.29, 1.82) is 0 Å². The lowest BCUT2D eigenvalue weighted by atomic mass is 9.93. The quantitative estimate of drug-likeness (QED) is 0.771. The van der Waals surface area contributed by atoms with Gasteiger partial charge in [0.1, 0.15) is 5.75 Å². The largest absolute Gasteiger partial charge is 0.493 e. The van der Waals surface area contributed by atoms with Gasteiger partial charge in [0.05, 0.1) is 18.7 Å². The second kappa shape index (κ2) is 6.89.